The summed E-state index contributed by atoms with van der Waals surface area (Å²) in [5.41, 5.74) is 2.25. The van der Waals surface area contributed by atoms with Crippen molar-refractivity contribution in [3.8, 4) is 11.3 Å². The van der Waals surface area contributed by atoms with Crippen LogP contribution in [0, 0.1) is 0 Å². The van der Waals surface area contributed by atoms with E-state index in [-0.39, 0.29) is 18.1 Å². The first-order chi connectivity index (χ1) is 14.0. The number of carbonyl (C=O) groups excluding carboxylic acids is 1. The monoisotopic (exact) mass is 472 g/mol. The molecule has 0 spiro atoms. The maximum absolute atomic E-state index is 12.2. The van der Waals surface area contributed by atoms with E-state index < -0.39 is 5.97 Å². The van der Waals surface area contributed by atoms with Crippen molar-refractivity contribution in [2.24, 2.45) is 0 Å². The summed E-state index contributed by atoms with van der Waals surface area (Å²) in [6.45, 7) is 1.92. The Hall–Kier alpha value is -2.97. The molecule has 4 rings (SSSR count). The van der Waals surface area contributed by atoms with Gasteiger partial charge in [0.15, 0.2) is 0 Å². The molecule has 0 fully saturated rings. The molecule has 4 aromatic rings. The number of fused-ring (bicyclic) bond motifs is 1. The zero-order valence-corrected chi connectivity index (χ0v) is 17.5. The van der Waals surface area contributed by atoms with E-state index in [1.54, 1.807) is 19.1 Å². The SMILES string of the molecule is CCOC(=O)c1nc(Nc2ccc(Br)cc2)c2c(-c3ccc(Cl)cc3)noc2n1. The van der Waals surface area contributed by atoms with E-state index in [0.717, 1.165) is 15.7 Å². The third-order valence-corrected chi connectivity index (χ3v) is 4.80. The molecule has 146 valence electrons. The molecule has 0 saturated carbocycles. The fourth-order valence-electron chi connectivity index (χ4n) is 2.71. The quantitative estimate of drug-likeness (QED) is 0.376. The van der Waals surface area contributed by atoms with Crippen molar-refractivity contribution in [3.05, 3.63) is 63.9 Å². The van der Waals surface area contributed by atoms with E-state index in [2.05, 4.69) is 36.4 Å². The standard InChI is InChI=1S/C20H14BrClN4O3/c1-2-28-20(27)18-24-17(23-14-9-5-12(21)6-10-14)15-16(26-29-19(15)25-18)11-3-7-13(22)8-4-11/h3-10H,2H2,1H3,(H,23,24,25). The third-order valence-electron chi connectivity index (χ3n) is 4.02. The number of esters is 1. The number of carbonyl (C=O) groups is 1. The van der Waals surface area contributed by atoms with Crippen molar-refractivity contribution >= 4 is 56.1 Å². The minimum atomic E-state index is -0.641. The molecule has 0 amide bonds. The number of halogens is 2. The summed E-state index contributed by atoms with van der Waals surface area (Å²) in [5, 5.41) is 8.50. The van der Waals surface area contributed by atoms with Gasteiger partial charge in [-0.05, 0) is 43.3 Å². The Labute approximate surface area is 179 Å². The summed E-state index contributed by atoms with van der Waals surface area (Å²) in [4.78, 5) is 20.8. The predicted octanol–water partition coefficient (Wildman–Crippen LogP) is 5.62. The number of aromatic nitrogens is 3. The van der Waals surface area contributed by atoms with Gasteiger partial charge in [0.25, 0.3) is 5.71 Å². The molecule has 7 nitrogen and oxygen atoms in total. The van der Waals surface area contributed by atoms with Gasteiger partial charge >= 0.3 is 5.97 Å². The summed E-state index contributed by atoms with van der Waals surface area (Å²) < 4.78 is 11.4. The number of hydrogen-bond donors (Lipinski definition) is 1. The number of ether oxygens (including phenoxy) is 1. The predicted molar refractivity (Wildman–Crippen MR) is 113 cm³/mol. The van der Waals surface area contributed by atoms with Crippen LogP contribution in [0.25, 0.3) is 22.4 Å². The molecule has 0 aliphatic rings. The first kappa shape index (κ1) is 19.4. The van der Waals surface area contributed by atoms with E-state index >= 15 is 0 Å². The number of anilines is 2. The minimum Gasteiger partial charge on any atom is -0.460 e. The highest BCUT2D eigenvalue weighted by Gasteiger charge is 2.22. The van der Waals surface area contributed by atoms with Gasteiger partial charge in [-0.15, -0.1) is 0 Å². The average molecular weight is 474 g/mol. The Balaban J connectivity index is 1.87. The van der Waals surface area contributed by atoms with Gasteiger partial charge < -0.3 is 14.6 Å². The summed E-state index contributed by atoms with van der Waals surface area (Å²) in [5.74, 6) is -0.373. The molecule has 29 heavy (non-hydrogen) atoms. The van der Waals surface area contributed by atoms with Crippen molar-refractivity contribution in [2.75, 3.05) is 11.9 Å². The normalized spacial score (nSPS) is 10.9. The number of rotatable bonds is 5. The molecule has 0 aliphatic heterocycles. The molecule has 0 aliphatic carbocycles. The van der Waals surface area contributed by atoms with Crippen LogP contribution in [0.4, 0.5) is 11.5 Å². The highest BCUT2D eigenvalue weighted by atomic mass is 79.9. The number of nitrogens with one attached hydrogen (secondary N) is 1. The van der Waals surface area contributed by atoms with Crippen LogP contribution in [0.2, 0.25) is 5.02 Å². The van der Waals surface area contributed by atoms with Crippen LogP contribution in [0.5, 0.6) is 0 Å². The highest BCUT2D eigenvalue weighted by molar-refractivity contribution is 9.10. The van der Waals surface area contributed by atoms with E-state index in [9.17, 15) is 4.79 Å². The van der Waals surface area contributed by atoms with Crippen LogP contribution in [0.3, 0.4) is 0 Å². The molecule has 0 bridgehead atoms. The Morgan fingerprint density at radius 3 is 2.55 bits per heavy atom. The lowest BCUT2D eigenvalue weighted by Crippen LogP contribution is -2.11. The van der Waals surface area contributed by atoms with Gasteiger partial charge in [0.2, 0.25) is 5.82 Å². The van der Waals surface area contributed by atoms with Crippen LogP contribution in [0.1, 0.15) is 17.5 Å². The van der Waals surface area contributed by atoms with E-state index in [4.69, 9.17) is 20.9 Å². The minimum absolute atomic E-state index is 0.113. The molecule has 0 radical (unpaired) electrons. The molecular weight excluding hydrogens is 460 g/mol. The summed E-state index contributed by atoms with van der Waals surface area (Å²) in [7, 11) is 0. The fourth-order valence-corrected chi connectivity index (χ4v) is 3.10. The average Bonchev–Trinajstić information content (AvgIpc) is 3.15. The van der Waals surface area contributed by atoms with E-state index in [1.807, 2.05) is 36.4 Å². The zero-order chi connectivity index (χ0) is 20.4. The Kier molecular flexibility index (Phi) is 5.46. The number of nitrogens with zero attached hydrogens (tertiary/aromatic N) is 3. The smallest absolute Gasteiger partial charge is 0.376 e. The first-order valence-corrected chi connectivity index (χ1v) is 9.85. The first-order valence-electron chi connectivity index (χ1n) is 8.68. The lowest BCUT2D eigenvalue weighted by molar-refractivity contribution is 0.0512. The molecule has 2 aromatic heterocycles. The van der Waals surface area contributed by atoms with Gasteiger partial charge in [-0.25, -0.2) is 9.78 Å². The van der Waals surface area contributed by atoms with E-state index in [1.165, 1.54) is 0 Å². The molecular formula is C20H14BrClN4O3. The Morgan fingerprint density at radius 1 is 1.14 bits per heavy atom. The van der Waals surface area contributed by atoms with Gasteiger partial charge in [-0.1, -0.05) is 44.8 Å². The van der Waals surface area contributed by atoms with Gasteiger partial charge in [0, 0.05) is 20.7 Å². The second-order valence-corrected chi connectivity index (χ2v) is 7.32. The molecule has 2 aromatic carbocycles. The number of benzene rings is 2. The van der Waals surface area contributed by atoms with Crippen LogP contribution in [0.15, 0.2) is 57.5 Å². The Morgan fingerprint density at radius 2 is 1.86 bits per heavy atom. The Bertz CT molecular complexity index is 1180. The van der Waals surface area contributed by atoms with Gasteiger partial charge in [-0.3, -0.25) is 0 Å². The van der Waals surface area contributed by atoms with Crippen LogP contribution in [-0.4, -0.2) is 27.7 Å². The van der Waals surface area contributed by atoms with Crippen molar-refractivity contribution in [1.29, 1.82) is 0 Å². The second-order valence-electron chi connectivity index (χ2n) is 5.97. The molecule has 2 heterocycles. The van der Waals surface area contributed by atoms with Crippen molar-refractivity contribution in [2.45, 2.75) is 6.92 Å². The molecule has 1 N–H and O–H groups in total. The van der Waals surface area contributed by atoms with Crippen LogP contribution >= 0.6 is 27.5 Å². The largest absolute Gasteiger partial charge is 0.460 e. The zero-order valence-electron chi connectivity index (χ0n) is 15.1. The van der Waals surface area contributed by atoms with Crippen molar-refractivity contribution in [1.82, 2.24) is 15.1 Å². The maximum atomic E-state index is 12.2. The van der Waals surface area contributed by atoms with Gasteiger partial charge in [0.1, 0.15) is 16.9 Å². The fraction of sp³-hybridized carbons (Fsp3) is 0.100. The lowest BCUT2D eigenvalue weighted by Gasteiger charge is -2.09. The molecule has 0 unspecified atom stereocenters. The van der Waals surface area contributed by atoms with Gasteiger partial charge in [-0.2, -0.15) is 4.98 Å². The van der Waals surface area contributed by atoms with Crippen molar-refractivity contribution < 1.29 is 14.1 Å². The highest BCUT2D eigenvalue weighted by Crippen LogP contribution is 2.34. The summed E-state index contributed by atoms with van der Waals surface area (Å²) in [6, 6.07) is 14.7. The lowest BCUT2D eigenvalue weighted by atomic mass is 10.1. The maximum Gasteiger partial charge on any atom is 0.376 e. The summed E-state index contributed by atoms with van der Waals surface area (Å²) >= 11 is 9.40. The number of hydrogen-bond acceptors (Lipinski definition) is 7. The topological polar surface area (TPSA) is 90.1 Å². The van der Waals surface area contributed by atoms with Crippen molar-refractivity contribution in [3.63, 3.8) is 0 Å². The molecule has 0 atom stereocenters. The van der Waals surface area contributed by atoms with Crippen LogP contribution in [-0.2, 0) is 4.74 Å². The molecule has 0 saturated heterocycles. The summed E-state index contributed by atoms with van der Waals surface area (Å²) in [6.07, 6.45) is 0. The second kappa shape index (κ2) is 8.18. The molecule has 9 heteroatoms. The van der Waals surface area contributed by atoms with Gasteiger partial charge in [0.05, 0.1) is 6.61 Å². The van der Waals surface area contributed by atoms with Crippen LogP contribution < -0.4 is 5.32 Å². The van der Waals surface area contributed by atoms with E-state index in [0.29, 0.717) is 21.9 Å². The third kappa shape index (κ3) is 4.08.